The fraction of sp³-hybridized carbons (Fsp3) is 0.150. The molecular weight excluding hydrogens is 424 g/mol. The van der Waals surface area contributed by atoms with Gasteiger partial charge in [0.05, 0.1) is 16.9 Å². The third-order valence-corrected chi connectivity index (χ3v) is 5.80. The number of benzene rings is 1. The van der Waals surface area contributed by atoms with Gasteiger partial charge in [-0.3, -0.25) is 4.79 Å². The van der Waals surface area contributed by atoms with E-state index in [1.54, 1.807) is 24.5 Å². The van der Waals surface area contributed by atoms with Gasteiger partial charge in [0.25, 0.3) is 5.91 Å². The second-order valence-electron chi connectivity index (χ2n) is 6.65. The Morgan fingerprint density at radius 2 is 2.07 bits per heavy atom. The van der Waals surface area contributed by atoms with E-state index in [2.05, 4.69) is 20.5 Å². The number of carbonyl (C=O) groups excluding carboxylic acids is 1. The molecule has 0 N–H and O–H groups in total. The number of thiophene rings is 1. The van der Waals surface area contributed by atoms with Gasteiger partial charge in [-0.15, -0.1) is 21.5 Å². The van der Waals surface area contributed by atoms with E-state index in [-0.39, 0.29) is 18.5 Å². The van der Waals surface area contributed by atoms with E-state index >= 15 is 0 Å². The Hall–Kier alpha value is -3.30. The molecule has 1 amide bonds. The lowest BCUT2D eigenvalue weighted by Gasteiger charge is -2.19. The van der Waals surface area contributed by atoms with Gasteiger partial charge in [-0.2, -0.15) is 9.90 Å². The lowest BCUT2D eigenvalue weighted by molar-refractivity contribution is -0.134. The Morgan fingerprint density at radius 3 is 2.80 bits per heavy atom. The summed E-state index contributed by atoms with van der Waals surface area (Å²) in [4.78, 5) is 15.3. The topological polar surface area (TPSA) is 89.4 Å². The van der Waals surface area contributed by atoms with Gasteiger partial charge in [0, 0.05) is 11.4 Å². The van der Waals surface area contributed by atoms with Gasteiger partial charge in [0.15, 0.2) is 0 Å². The van der Waals surface area contributed by atoms with Crippen molar-refractivity contribution in [2.75, 3.05) is 0 Å². The zero-order chi connectivity index (χ0) is 20.5. The van der Waals surface area contributed by atoms with E-state index in [4.69, 9.17) is 16.0 Å². The number of hydrazone groups is 1. The third-order valence-electron chi connectivity index (χ3n) is 4.69. The fourth-order valence-corrected chi connectivity index (χ4v) is 4.04. The maximum Gasteiger partial charge on any atom is 0.267 e. The number of amides is 1. The van der Waals surface area contributed by atoms with Crippen LogP contribution in [-0.2, 0) is 11.3 Å². The van der Waals surface area contributed by atoms with Crippen LogP contribution in [0.3, 0.4) is 0 Å². The van der Waals surface area contributed by atoms with Crippen molar-refractivity contribution in [1.29, 1.82) is 0 Å². The summed E-state index contributed by atoms with van der Waals surface area (Å²) in [7, 11) is 0. The van der Waals surface area contributed by atoms with E-state index in [0.29, 0.717) is 23.0 Å². The van der Waals surface area contributed by atoms with Crippen molar-refractivity contribution in [3.05, 3.63) is 76.5 Å². The van der Waals surface area contributed by atoms with E-state index in [1.807, 2.05) is 35.7 Å². The van der Waals surface area contributed by atoms with Crippen LogP contribution in [0.2, 0.25) is 5.02 Å². The SMILES string of the molecule is O=C(Cn1nnc(-c2cccs2)n1)N1N=C(c2ccc(Cl)cc2)CC1c1ccco1. The number of furan rings is 1. The molecule has 0 saturated heterocycles. The molecule has 10 heteroatoms. The van der Waals surface area contributed by atoms with E-state index in [0.717, 1.165) is 16.2 Å². The first kappa shape index (κ1) is 18.7. The summed E-state index contributed by atoms with van der Waals surface area (Å²) in [6.45, 7) is -0.0764. The molecule has 1 aliphatic heterocycles. The highest BCUT2D eigenvalue weighted by molar-refractivity contribution is 7.13. The van der Waals surface area contributed by atoms with E-state index in [1.165, 1.54) is 21.1 Å². The zero-order valence-electron chi connectivity index (χ0n) is 15.6. The molecule has 150 valence electrons. The van der Waals surface area contributed by atoms with Crippen molar-refractivity contribution in [3.63, 3.8) is 0 Å². The highest BCUT2D eigenvalue weighted by Gasteiger charge is 2.35. The van der Waals surface area contributed by atoms with Crippen LogP contribution in [0.4, 0.5) is 0 Å². The average Bonchev–Trinajstić information content (AvgIpc) is 3.55. The molecule has 4 aromatic rings. The van der Waals surface area contributed by atoms with Crippen molar-refractivity contribution < 1.29 is 9.21 Å². The number of rotatable bonds is 5. The van der Waals surface area contributed by atoms with Gasteiger partial charge in [-0.25, -0.2) is 5.01 Å². The highest BCUT2D eigenvalue weighted by atomic mass is 35.5. The Bertz CT molecular complexity index is 1180. The summed E-state index contributed by atoms with van der Waals surface area (Å²) in [5.41, 5.74) is 1.69. The zero-order valence-corrected chi connectivity index (χ0v) is 17.1. The van der Waals surface area contributed by atoms with Crippen molar-refractivity contribution in [2.45, 2.75) is 19.0 Å². The third kappa shape index (κ3) is 3.64. The Morgan fingerprint density at radius 1 is 1.20 bits per heavy atom. The summed E-state index contributed by atoms with van der Waals surface area (Å²) in [6.07, 6.45) is 2.12. The predicted octanol–water partition coefficient (Wildman–Crippen LogP) is 4.03. The van der Waals surface area contributed by atoms with Crippen LogP contribution in [0.5, 0.6) is 0 Å². The maximum absolute atomic E-state index is 13.1. The number of tetrazole rings is 1. The molecule has 0 saturated carbocycles. The molecule has 0 spiro atoms. The van der Waals surface area contributed by atoms with Crippen LogP contribution in [0.25, 0.3) is 10.7 Å². The van der Waals surface area contributed by atoms with Crippen LogP contribution in [0.1, 0.15) is 23.8 Å². The standard InChI is InChI=1S/C20H15ClN6O2S/c21-14-7-5-13(6-8-14)15-11-16(17-3-1-9-29-17)27(23-15)19(28)12-26-24-20(22-25-26)18-4-2-10-30-18/h1-10,16H,11-12H2. The summed E-state index contributed by atoms with van der Waals surface area (Å²) in [5.74, 6) is 0.907. The van der Waals surface area contributed by atoms with E-state index < -0.39 is 0 Å². The molecule has 0 fully saturated rings. The van der Waals surface area contributed by atoms with Gasteiger partial charge in [-0.1, -0.05) is 29.8 Å². The molecular formula is C20H15ClN6O2S. The Labute approximate surface area is 180 Å². The Kier molecular flexibility index (Phi) is 4.89. The number of hydrogen-bond acceptors (Lipinski definition) is 7. The summed E-state index contributed by atoms with van der Waals surface area (Å²) in [5, 5.41) is 21.0. The molecule has 8 nitrogen and oxygen atoms in total. The molecule has 3 aromatic heterocycles. The average molecular weight is 439 g/mol. The lowest BCUT2D eigenvalue weighted by Crippen LogP contribution is -2.31. The largest absolute Gasteiger partial charge is 0.467 e. The molecule has 1 aromatic carbocycles. The van der Waals surface area contributed by atoms with Crippen LogP contribution in [-0.4, -0.2) is 36.8 Å². The lowest BCUT2D eigenvalue weighted by atomic mass is 10.0. The molecule has 0 aliphatic carbocycles. The van der Waals surface area contributed by atoms with E-state index in [9.17, 15) is 4.79 Å². The van der Waals surface area contributed by atoms with Gasteiger partial charge in [-0.05, 0) is 46.5 Å². The minimum absolute atomic E-state index is 0.0764. The first-order chi connectivity index (χ1) is 14.7. The highest BCUT2D eigenvalue weighted by Crippen LogP contribution is 2.33. The molecule has 5 rings (SSSR count). The molecule has 1 unspecified atom stereocenters. The van der Waals surface area contributed by atoms with Crippen LogP contribution >= 0.6 is 22.9 Å². The molecule has 0 bridgehead atoms. The predicted molar refractivity (Wildman–Crippen MR) is 112 cm³/mol. The number of aromatic nitrogens is 4. The van der Waals surface area contributed by atoms with Crippen LogP contribution in [0, 0.1) is 0 Å². The molecule has 0 radical (unpaired) electrons. The number of hydrogen-bond donors (Lipinski definition) is 0. The second kappa shape index (κ2) is 7.85. The van der Waals surface area contributed by atoms with Crippen LogP contribution < -0.4 is 0 Å². The normalized spacial score (nSPS) is 16.1. The van der Waals surface area contributed by atoms with Gasteiger partial charge in [0.2, 0.25) is 5.82 Å². The first-order valence-electron chi connectivity index (χ1n) is 9.18. The minimum Gasteiger partial charge on any atom is -0.467 e. The van der Waals surface area contributed by atoms with Crippen LogP contribution in [0.15, 0.2) is 69.7 Å². The van der Waals surface area contributed by atoms with Gasteiger partial charge < -0.3 is 4.42 Å². The van der Waals surface area contributed by atoms with Crippen molar-refractivity contribution in [3.8, 4) is 10.7 Å². The fourth-order valence-electron chi connectivity index (χ4n) is 3.27. The van der Waals surface area contributed by atoms with Gasteiger partial charge >= 0.3 is 0 Å². The summed E-state index contributed by atoms with van der Waals surface area (Å²) in [6, 6.07) is 14.5. The number of carbonyl (C=O) groups is 1. The molecule has 4 heterocycles. The quantitative estimate of drug-likeness (QED) is 0.469. The van der Waals surface area contributed by atoms with Crippen molar-refractivity contribution in [1.82, 2.24) is 25.2 Å². The number of halogens is 1. The van der Waals surface area contributed by atoms with Gasteiger partial charge in [0.1, 0.15) is 18.3 Å². The summed E-state index contributed by atoms with van der Waals surface area (Å²) < 4.78 is 5.57. The monoisotopic (exact) mass is 438 g/mol. The molecule has 30 heavy (non-hydrogen) atoms. The Balaban J connectivity index is 1.40. The van der Waals surface area contributed by atoms with Crippen molar-refractivity contribution >= 4 is 34.6 Å². The second-order valence-corrected chi connectivity index (χ2v) is 8.03. The minimum atomic E-state index is -0.335. The first-order valence-corrected chi connectivity index (χ1v) is 10.4. The molecule has 1 aliphatic rings. The molecule has 1 atom stereocenters. The maximum atomic E-state index is 13.1. The van der Waals surface area contributed by atoms with Crippen molar-refractivity contribution in [2.24, 2.45) is 5.10 Å². The summed E-state index contributed by atoms with van der Waals surface area (Å²) >= 11 is 7.51. The smallest absolute Gasteiger partial charge is 0.267 e. The number of nitrogens with zero attached hydrogens (tertiary/aromatic N) is 6.